The van der Waals surface area contributed by atoms with Gasteiger partial charge < -0.3 is 0 Å². The van der Waals surface area contributed by atoms with Crippen LogP contribution < -0.4 is 5.14 Å². The van der Waals surface area contributed by atoms with Crippen molar-refractivity contribution in [1.29, 1.82) is 0 Å². The molecule has 0 aliphatic heterocycles. The second kappa shape index (κ2) is 6.97. The van der Waals surface area contributed by atoms with Crippen LogP contribution in [0.2, 0.25) is 0 Å². The van der Waals surface area contributed by atoms with E-state index in [2.05, 4.69) is 41.2 Å². The summed E-state index contributed by atoms with van der Waals surface area (Å²) in [6.07, 6.45) is 1.71. The van der Waals surface area contributed by atoms with Gasteiger partial charge in [0.05, 0.1) is 22.3 Å². The molecule has 0 saturated carbocycles. The summed E-state index contributed by atoms with van der Waals surface area (Å²) in [6.45, 7) is 0. The zero-order valence-electron chi connectivity index (χ0n) is 15.1. The maximum atomic E-state index is 11.5. The summed E-state index contributed by atoms with van der Waals surface area (Å²) in [5, 5.41) is 11.8. The van der Waals surface area contributed by atoms with Crippen molar-refractivity contribution in [3.8, 4) is 23.1 Å². The Bertz CT molecular complexity index is 1360. The third kappa shape index (κ3) is 3.54. The van der Waals surface area contributed by atoms with Gasteiger partial charge in [-0.1, -0.05) is 54.3 Å². The molecule has 0 fully saturated rings. The Balaban J connectivity index is 1.77. The quantitative estimate of drug-likeness (QED) is 0.536. The summed E-state index contributed by atoms with van der Waals surface area (Å²) >= 11 is 0. The van der Waals surface area contributed by atoms with Crippen LogP contribution >= 0.6 is 0 Å². The van der Waals surface area contributed by atoms with Crippen LogP contribution in [-0.2, 0) is 17.1 Å². The first-order valence-electron chi connectivity index (χ1n) is 8.58. The van der Waals surface area contributed by atoms with Gasteiger partial charge in [-0.3, -0.25) is 4.68 Å². The van der Waals surface area contributed by atoms with Gasteiger partial charge in [-0.25, -0.2) is 13.6 Å². The Morgan fingerprint density at radius 2 is 1.71 bits per heavy atom. The van der Waals surface area contributed by atoms with Gasteiger partial charge in [0.1, 0.15) is 0 Å². The Morgan fingerprint density at radius 3 is 2.50 bits per heavy atom. The van der Waals surface area contributed by atoms with Crippen LogP contribution in [0.1, 0.15) is 11.1 Å². The molecule has 28 heavy (non-hydrogen) atoms. The molecule has 5 nitrogen and oxygen atoms in total. The third-order valence-electron chi connectivity index (χ3n) is 4.47. The summed E-state index contributed by atoms with van der Waals surface area (Å²) < 4.78 is 24.8. The minimum atomic E-state index is -3.76. The number of benzene rings is 3. The van der Waals surface area contributed by atoms with Crippen LogP contribution in [0.25, 0.3) is 22.0 Å². The number of aromatic nitrogens is 2. The average molecular weight is 387 g/mol. The normalized spacial score (nSPS) is 11.2. The minimum Gasteiger partial charge on any atom is -0.267 e. The lowest BCUT2D eigenvalue weighted by Gasteiger charge is -2.05. The Morgan fingerprint density at radius 1 is 0.929 bits per heavy atom. The number of primary sulfonamides is 1. The molecule has 0 spiro atoms. The molecule has 0 aliphatic carbocycles. The molecule has 138 valence electrons. The van der Waals surface area contributed by atoms with Gasteiger partial charge in [0.15, 0.2) is 0 Å². The smallest absolute Gasteiger partial charge is 0.238 e. The van der Waals surface area contributed by atoms with Crippen molar-refractivity contribution in [3.05, 3.63) is 84.1 Å². The molecule has 1 aromatic heterocycles. The highest BCUT2D eigenvalue weighted by atomic mass is 32.2. The highest BCUT2D eigenvalue weighted by Crippen LogP contribution is 2.26. The lowest BCUT2D eigenvalue weighted by Crippen LogP contribution is -2.11. The van der Waals surface area contributed by atoms with Crippen LogP contribution in [0, 0.1) is 11.8 Å². The van der Waals surface area contributed by atoms with Crippen molar-refractivity contribution in [2.24, 2.45) is 12.2 Å². The molecule has 2 N–H and O–H groups in total. The van der Waals surface area contributed by atoms with Gasteiger partial charge in [-0.15, -0.1) is 0 Å². The fraction of sp³-hybridized carbons (Fsp3) is 0.0455. The SMILES string of the molecule is Cn1ncc(C#Cc2cccc(S(N)(=O)=O)c2)c1-c1ccc2ccccc2c1. The van der Waals surface area contributed by atoms with Gasteiger partial charge >= 0.3 is 0 Å². The Kier molecular flexibility index (Phi) is 4.47. The Labute approximate surface area is 163 Å². The van der Waals surface area contributed by atoms with Crippen LogP contribution in [0.5, 0.6) is 0 Å². The van der Waals surface area contributed by atoms with Gasteiger partial charge in [0.25, 0.3) is 0 Å². The highest BCUT2D eigenvalue weighted by Gasteiger charge is 2.10. The molecule has 4 rings (SSSR count). The molecule has 4 aromatic rings. The van der Waals surface area contributed by atoms with Crippen molar-refractivity contribution in [1.82, 2.24) is 9.78 Å². The molecule has 0 atom stereocenters. The molecular weight excluding hydrogens is 370 g/mol. The number of nitrogens with zero attached hydrogens (tertiary/aromatic N) is 2. The number of aryl methyl sites for hydroxylation is 1. The number of sulfonamides is 1. The zero-order valence-corrected chi connectivity index (χ0v) is 15.9. The number of hydrogen-bond acceptors (Lipinski definition) is 3. The van der Waals surface area contributed by atoms with E-state index in [0.717, 1.165) is 22.2 Å². The summed E-state index contributed by atoms with van der Waals surface area (Å²) in [5.74, 6) is 6.12. The Hall–Kier alpha value is -3.40. The molecule has 0 amide bonds. The van der Waals surface area contributed by atoms with Crippen molar-refractivity contribution in [3.63, 3.8) is 0 Å². The van der Waals surface area contributed by atoms with Gasteiger partial charge in [0.2, 0.25) is 10.0 Å². The molecule has 0 bridgehead atoms. The minimum absolute atomic E-state index is 0.0419. The van der Waals surface area contributed by atoms with Crippen molar-refractivity contribution in [2.75, 3.05) is 0 Å². The first-order chi connectivity index (χ1) is 13.4. The maximum Gasteiger partial charge on any atom is 0.238 e. The van der Waals surface area contributed by atoms with Crippen LogP contribution in [0.4, 0.5) is 0 Å². The number of fused-ring (bicyclic) bond motifs is 1. The highest BCUT2D eigenvalue weighted by molar-refractivity contribution is 7.89. The van der Waals surface area contributed by atoms with Crippen LogP contribution in [0.3, 0.4) is 0 Å². The molecule has 3 aromatic carbocycles. The summed E-state index contributed by atoms with van der Waals surface area (Å²) in [4.78, 5) is 0.0419. The van der Waals surface area contributed by atoms with E-state index in [1.54, 1.807) is 23.0 Å². The maximum absolute atomic E-state index is 11.5. The van der Waals surface area contributed by atoms with E-state index in [-0.39, 0.29) is 4.90 Å². The summed E-state index contributed by atoms with van der Waals surface area (Å²) in [6, 6.07) is 20.7. The van der Waals surface area contributed by atoms with Gasteiger partial charge in [-0.2, -0.15) is 5.10 Å². The van der Waals surface area contributed by atoms with Crippen LogP contribution in [-0.4, -0.2) is 18.2 Å². The van der Waals surface area contributed by atoms with Crippen molar-refractivity contribution < 1.29 is 8.42 Å². The predicted molar refractivity (Wildman–Crippen MR) is 110 cm³/mol. The van der Waals surface area contributed by atoms with Crippen LogP contribution in [0.15, 0.2) is 77.8 Å². The van der Waals surface area contributed by atoms with E-state index in [1.165, 1.54) is 17.5 Å². The average Bonchev–Trinajstić information content (AvgIpc) is 3.06. The molecule has 0 unspecified atom stereocenters. The second-order valence-corrected chi connectivity index (χ2v) is 7.98. The predicted octanol–water partition coefficient (Wildman–Crippen LogP) is 3.29. The molecule has 1 heterocycles. The molecule has 0 saturated heterocycles. The fourth-order valence-corrected chi connectivity index (χ4v) is 3.66. The summed E-state index contributed by atoms with van der Waals surface area (Å²) in [7, 11) is -1.89. The van der Waals surface area contributed by atoms with E-state index >= 15 is 0 Å². The lowest BCUT2D eigenvalue weighted by atomic mass is 10.0. The largest absolute Gasteiger partial charge is 0.267 e. The summed E-state index contributed by atoms with van der Waals surface area (Å²) in [5.41, 5.74) is 3.25. The zero-order chi connectivity index (χ0) is 19.7. The van der Waals surface area contributed by atoms with Gasteiger partial charge in [-0.05, 0) is 35.0 Å². The molecule has 0 aliphatic rings. The van der Waals surface area contributed by atoms with E-state index in [4.69, 9.17) is 5.14 Å². The van der Waals surface area contributed by atoms with Gasteiger partial charge in [0, 0.05) is 18.2 Å². The standard InChI is InChI=1S/C22H17N3O2S/c1-25-22(19-12-11-17-6-2-3-7-18(17)14-19)20(15-24-25)10-9-16-5-4-8-21(13-16)28(23,26)27/h2-8,11-15H,1H3,(H2,23,26,27). The van der Waals surface area contributed by atoms with E-state index in [9.17, 15) is 8.42 Å². The first-order valence-corrected chi connectivity index (χ1v) is 10.1. The molecule has 0 radical (unpaired) electrons. The number of rotatable bonds is 2. The molecule has 6 heteroatoms. The van der Waals surface area contributed by atoms with E-state index in [1.807, 2.05) is 25.2 Å². The van der Waals surface area contributed by atoms with E-state index in [0.29, 0.717) is 5.56 Å². The number of hydrogen-bond donors (Lipinski definition) is 1. The van der Waals surface area contributed by atoms with E-state index < -0.39 is 10.0 Å². The first kappa shape index (κ1) is 18.0. The third-order valence-corrected chi connectivity index (χ3v) is 5.38. The number of nitrogens with two attached hydrogens (primary N) is 1. The lowest BCUT2D eigenvalue weighted by molar-refractivity contribution is 0.598. The van der Waals surface area contributed by atoms with Crippen molar-refractivity contribution in [2.45, 2.75) is 4.90 Å². The fourth-order valence-electron chi connectivity index (χ4n) is 3.10. The monoisotopic (exact) mass is 387 g/mol. The van der Waals surface area contributed by atoms with Crippen molar-refractivity contribution >= 4 is 20.8 Å². The topological polar surface area (TPSA) is 78.0 Å². The second-order valence-electron chi connectivity index (χ2n) is 6.42. The molecular formula is C22H17N3O2S.